The molecule has 1 aromatic carbocycles. The van der Waals surface area contributed by atoms with Crippen LogP contribution in [-0.2, 0) is 12.1 Å². The van der Waals surface area contributed by atoms with E-state index in [-0.39, 0.29) is 12.1 Å². The van der Waals surface area contributed by atoms with Gasteiger partial charge in [0.05, 0.1) is 6.54 Å². The molecule has 0 amide bonds. The number of tetrazole rings is 1. The molecule has 0 aliphatic heterocycles. The van der Waals surface area contributed by atoms with Gasteiger partial charge in [0.25, 0.3) is 0 Å². The Balaban J connectivity index is 2.08. The lowest BCUT2D eigenvalue weighted by Gasteiger charge is -2.33. The molecule has 10 heteroatoms. The van der Waals surface area contributed by atoms with Gasteiger partial charge in [0.2, 0.25) is 0 Å². The molecular weight excluding hydrogens is 308 g/mol. The Labute approximate surface area is 129 Å². The summed E-state index contributed by atoms with van der Waals surface area (Å²) >= 11 is 0. The standard InChI is InChI=1S/C13H13F2N7O/c1-9(22-19-7-17-20-22)13(23,5-21-8-16-6-18-21)11-3-2-10(14)4-12(11)15/h2-4,6-9,23H,5H2,1H3/t9-,13+/m0/s1. The van der Waals surface area contributed by atoms with Crippen molar-refractivity contribution in [1.82, 2.24) is 35.0 Å². The number of aromatic nitrogens is 7. The maximum atomic E-state index is 14.3. The molecule has 3 rings (SSSR count). The van der Waals surface area contributed by atoms with E-state index in [4.69, 9.17) is 0 Å². The first-order valence-electron chi connectivity index (χ1n) is 6.73. The van der Waals surface area contributed by atoms with Crippen molar-refractivity contribution in [2.45, 2.75) is 25.1 Å². The van der Waals surface area contributed by atoms with Crippen molar-refractivity contribution in [2.75, 3.05) is 0 Å². The number of hydrogen-bond acceptors (Lipinski definition) is 6. The number of nitrogens with zero attached hydrogens (tertiary/aromatic N) is 7. The first-order valence-corrected chi connectivity index (χ1v) is 6.73. The van der Waals surface area contributed by atoms with Crippen molar-refractivity contribution >= 4 is 0 Å². The molecule has 0 aliphatic carbocycles. The van der Waals surface area contributed by atoms with Gasteiger partial charge < -0.3 is 5.11 Å². The van der Waals surface area contributed by atoms with Crippen LogP contribution in [0.1, 0.15) is 18.5 Å². The predicted molar refractivity (Wildman–Crippen MR) is 72.8 cm³/mol. The summed E-state index contributed by atoms with van der Waals surface area (Å²) in [6.07, 6.45) is 3.88. The molecular formula is C13H13F2N7O. The second-order valence-corrected chi connectivity index (χ2v) is 5.07. The van der Waals surface area contributed by atoms with E-state index in [9.17, 15) is 13.9 Å². The Morgan fingerprint density at radius 3 is 2.70 bits per heavy atom. The van der Waals surface area contributed by atoms with Crippen LogP contribution in [0.3, 0.4) is 0 Å². The third-order valence-corrected chi connectivity index (χ3v) is 3.67. The van der Waals surface area contributed by atoms with E-state index in [1.165, 1.54) is 29.7 Å². The van der Waals surface area contributed by atoms with Gasteiger partial charge in [-0.2, -0.15) is 9.90 Å². The van der Waals surface area contributed by atoms with Gasteiger partial charge >= 0.3 is 0 Å². The third kappa shape index (κ3) is 2.80. The van der Waals surface area contributed by atoms with Crippen LogP contribution >= 0.6 is 0 Å². The molecule has 0 saturated heterocycles. The average molecular weight is 321 g/mol. The largest absolute Gasteiger partial charge is 0.381 e. The molecule has 3 aromatic rings. The first kappa shape index (κ1) is 15.2. The summed E-state index contributed by atoms with van der Waals surface area (Å²) in [4.78, 5) is 4.95. The number of benzene rings is 1. The molecule has 23 heavy (non-hydrogen) atoms. The summed E-state index contributed by atoms with van der Waals surface area (Å²) in [5.41, 5.74) is -1.90. The number of aliphatic hydroxyl groups is 1. The first-order chi connectivity index (χ1) is 11.0. The van der Waals surface area contributed by atoms with Crippen LogP contribution in [-0.4, -0.2) is 40.1 Å². The van der Waals surface area contributed by atoms with Crippen molar-refractivity contribution in [2.24, 2.45) is 0 Å². The quantitative estimate of drug-likeness (QED) is 0.743. The van der Waals surface area contributed by atoms with Crippen LogP contribution < -0.4 is 0 Å². The molecule has 0 radical (unpaired) electrons. The second kappa shape index (κ2) is 5.80. The van der Waals surface area contributed by atoms with Crippen molar-refractivity contribution < 1.29 is 13.9 Å². The minimum atomic E-state index is -1.80. The number of rotatable bonds is 5. The van der Waals surface area contributed by atoms with Crippen molar-refractivity contribution in [3.63, 3.8) is 0 Å². The van der Waals surface area contributed by atoms with E-state index in [0.717, 1.165) is 10.9 Å². The van der Waals surface area contributed by atoms with Crippen molar-refractivity contribution in [3.05, 3.63) is 54.4 Å². The van der Waals surface area contributed by atoms with E-state index in [0.29, 0.717) is 6.07 Å². The van der Waals surface area contributed by atoms with Crippen LogP contribution in [0, 0.1) is 11.6 Å². The second-order valence-electron chi connectivity index (χ2n) is 5.07. The Hall–Kier alpha value is -2.75. The fourth-order valence-corrected chi connectivity index (χ4v) is 2.39. The fraction of sp³-hybridized carbons (Fsp3) is 0.308. The van der Waals surface area contributed by atoms with Gasteiger partial charge in [-0.3, -0.25) is 0 Å². The molecule has 0 saturated carbocycles. The van der Waals surface area contributed by atoms with E-state index in [1.807, 2.05) is 0 Å². The van der Waals surface area contributed by atoms with E-state index < -0.39 is 23.3 Å². The summed E-state index contributed by atoms with van der Waals surface area (Å²) in [6, 6.07) is 2.18. The lowest BCUT2D eigenvalue weighted by molar-refractivity contribution is -0.0418. The smallest absolute Gasteiger partial charge is 0.162 e. The molecule has 120 valence electrons. The Kier molecular flexibility index (Phi) is 3.82. The summed E-state index contributed by atoms with van der Waals surface area (Å²) in [6.45, 7) is 1.47. The highest BCUT2D eigenvalue weighted by Gasteiger charge is 2.41. The minimum Gasteiger partial charge on any atom is -0.381 e. The lowest BCUT2D eigenvalue weighted by Crippen LogP contribution is -2.41. The molecule has 0 fully saturated rings. The van der Waals surface area contributed by atoms with E-state index >= 15 is 0 Å². The van der Waals surface area contributed by atoms with E-state index in [1.54, 1.807) is 6.92 Å². The fourth-order valence-electron chi connectivity index (χ4n) is 2.39. The Bertz CT molecular complexity index is 778. The topological polar surface area (TPSA) is 94.5 Å². The van der Waals surface area contributed by atoms with Gasteiger partial charge in [-0.05, 0) is 18.2 Å². The highest BCUT2D eigenvalue weighted by molar-refractivity contribution is 5.26. The molecule has 8 nitrogen and oxygen atoms in total. The molecule has 2 heterocycles. The SMILES string of the molecule is C[C@H](n1ncnn1)[C@](O)(Cn1cncn1)c1ccc(F)cc1F. The molecule has 0 unspecified atom stereocenters. The van der Waals surface area contributed by atoms with Gasteiger partial charge in [-0.25, -0.2) is 18.4 Å². The summed E-state index contributed by atoms with van der Waals surface area (Å²) in [5.74, 6) is -1.61. The molecule has 1 N–H and O–H groups in total. The zero-order valence-corrected chi connectivity index (χ0v) is 12.1. The van der Waals surface area contributed by atoms with Crippen LogP contribution in [0.25, 0.3) is 0 Å². The zero-order valence-electron chi connectivity index (χ0n) is 12.1. The van der Waals surface area contributed by atoms with Gasteiger partial charge in [0.1, 0.15) is 35.9 Å². The molecule has 0 bridgehead atoms. The van der Waals surface area contributed by atoms with Gasteiger partial charge in [0.15, 0.2) is 6.33 Å². The monoisotopic (exact) mass is 321 g/mol. The van der Waals surface area contributed by atoms with Crippen LogP contribution in [0.4, 0.5) is 8.78 Å². The van der Waals surface area contributed by atoms with Crippen LogP contribution in [0.15, 0.2) is 37.2 Å². The maximum Gasteiger partial charge on any atom is 0.162 e. The van der Waals surface area contributed by atoms with Gasteiger partial charge in [-0.1, -0.05) is 6.07 Å². The van der Waals surface area contributed by atoms with E-state index in [2.05, 4.69) is 25.5 Å². The highest BCUT2D eigenvalue weighted by Crippen LogP contribution is 2.35. The number of hydrogen-bond donors (Lipinski definition) is 1. The molecule has 0 aliphatic rings. The van der Waals surface area contributed by atoms with Gasteiger partial charge in [0, 0.05) is 11.6 Å². The van der Waals surface area contributed by atoms with Crippen molar-refractivity contribution in [1.29, 1.82) is 0 Å². The van der Waals surface area contributed by atoms with Gasteiger partial charge in [-0.15, -0.1) is 10.2 Å². The maximum absolute atomic E-state index is 14.3. The molecule has 2 atom stereocenters. The predicted octanol–water partition coefficient (Wildman–Crippen LogP) is 0.692. The minimum absolute atomic E-state index is 0.0980. The molecule has 2 aromatic heterocycles. The van der Waals surface area contributed by atoms with Crippen LogP contribution in [0.5, 0.6) is 0 Å². The summed E-state index contributed by atoms with van der Waals surface area (Å²) in [5, 5.41) is 26.3. The Morgan fingerprint density at radius 1 is 1.26 bits per heavy atom. The lowest BCUT2D eigenvalue weighted by atomic mass is 9.86. The normalized spacial score (nSPS) is 15.3. The van der Waals surface area contributed by atoms with Crippen LogP contribution in [0.2, 0.25) is 0 Å². The molecule has 0 spiro atoms. The average Bonchev–Trinajstić information content (AvgIpc) is 3.19. The summed E-state index contributed by atoms with van der Waals surface area (Å²) < 4.78 is 28.8. The summed E-state index contributed by atoms with van der Waals surface area (Å²) in [7, 11) is 0. The Morgan fingerprint density at radius 2 is 2.09 bits per heavy atom. The number of halogens is 2. The zero-order chi connectivity index (χ0) is 16.4. The third-order valence-electron chi connectivity index (χ3n) is 3.67. The van der Waals surface area contributed by atoms with Crippen molar-refractivity contribution in [3.8, 4) is 0 Å². The highest BCUT2D eigenvalue weighted by atomic mass is 19.1.